The number of hydrogen-bond donors (Lipinski definition) is 1. The van der Waals surface area contributed by atoms with Crippen LogP contribution in [0.25, 0.3) is 0 Å². The summed E-state index contributed by atoms with van der Waals surface area (Å²) in [7, 11) is 0. The van der Waals surface area contributed by atoms with Gasteiger partial charge in [0.2, 0.25) is 0 Å². The van der Waals surface area contributed by atoms with E-state index in [0.29, 0.717) is 12.2 Å². The third-order valence-corrected chi connectivity index (χ3v) is 3.71. The van der Waals surface area contributed by atoms with Gasteiger partial charge in [-0.05, 0) is 38.3 Å². The lowest BCUT2D eigenvalue weighted by Crippen LogP contribution is -2.49. The molecule has 0 spiro atoms. The van der Waals surface area contributed by atoms with Crippen LogP contribution in [0.2, 0.25) is 0 Å². The number of nitro groups is 1. The number of nitro benzene ring substituents is 1. The molecule has 1 fully saturated rings. The van der Waals surface area contributed by atoms with E-state index < -0.39 is 10.7 Å². The lowest BCUT2D eigenvalue weighted by atomic mass is 9.95. The second-order valence-corrected chi connectivity index (χ2v) is 4.97. The fourth-order valence-corrected chi connectivity index (χ4v) is 2.81. The van der Waals surface area contributed by atoms with Crippen molar-refractivity contribution in [3.63, 3.8) is 0 Å². The Morgan fingerprint density at radius 1 is 1.53 bits per heavy atom. The molecule has 6 heteroatoms. The van der Waals surface area contributed by atoms with Gasteiger partial charge in [-0.15, -0.1) is 0 Å². The van der Waals surface area contributed by atoms with E-state index in [1.165, 1.54) is 12.1 Å². The Bertz CT molecular complexity index is 481. The molecule has 1 aliphatic rings. The molecular weight excluding hydrogens is 249 g/mol. The van der Waals surface area contributed by atoms with Gasteiger partial charge in [-0.1, -0.05) is 0 Å². The van der Waals surface area contributed by atoms with Crippen LogP contribution in [0.5, 0.6) is 0 Å². The molecule has 0 aromatic heterocycles. The zero-order valence-corrected chi connectivity index (χ0v) is 10.9. The van der Waals surface area contributed by atoms with E-state index in [2.05, 4.69) is 0 Å². The number of piperidine rings is 1. The first-order valence-electron chi connectivity index (χ1n) is 6.47. The van der Waals surface area contributed by atoms with E-state index in [1.807, 2.05) is 11.8 Å². The molecule has 0 aliphatic carbocycles. The first-order valence-corrected chi connectivity index (χ1v) is 6.47. The third kappa shape index (κ3) is 2.68. The number of nitrogens with zero attached hydrogens (tertiary/aromatic N) is 2. The fourth-order valence-electron chi connectivity index (χ4n) is 2.81. The quantitative estimate of drug-likeness (QED) is 0.674. The van der Waals surface area contributed by atoms with Crippen molar-refractivity contribution in [2.45, 2.75) is 38.3 Å². The summed E-state index contributed by atoms with van der Waals surface area (Å²) in [5.74, 6) is -0.593. The van der Waals surface area contributed by atoms with E-state index in [-0.39, 0.29) is 17.8 Å². The Labute approximate surface area is 111 Å². The minimum atomic E-state index is -0.593. The number of halogens is 1. The van der Waals surface area contributed by atoms with Crippen molar-refractivity contribution in [1.82, 2.24) is 0 Å². The number of nitrogens with two attached hydrogens (primary N) is 1. The Kier molecular flexibility index (Phi) is 3.99. The zero-order chi connectivity index (χ0) is 14.0. The van der Waals surface area contributed by atoms with Crippen LogP contribution in [0.4, 0.5) is 15.8 Å². The van der Waals surface area contributed by atoms with Crippen molar-refractivity contribution in [2.75, 3.05) is 11.4 Å². The highest BCUT2D eigenvalue weighted by atomic mass is 19.1. The summed E-state index contributed by atoms with van der Waals surface area (Å²) < 4.78 is 13.2. The average Bonchev–Trinajstić information content (AvgIpc) is 2.38. The lowest BCUT2D eigenvalue weighted by Gasteiger charge is -2.41. The molecule has 19 heavy (non-hydrogen) atoms. The van der Waals surface area contributed by atoms with E-state index in [4.69, 9.17) is 5.73 Å². The molecule has 1 aromatic rings. The van der Waals surface area contributed by atoms with Crippen molar-refractivity contribution in [3.8, 4) is 0 Å². The summed E-state index contributed by atoms with van der Waals surface area (Å²) in [6.45, 7) is 2.47. The Morgan fingerprint density at radius 3 is 2.89 bits per heavy atom. The predicted octanol–water partition coefficient (Wildman–Crippen LogP) is 2.44. The molecule has 0 amide bonds. The zero-order valence-electron chi connectivity index (χ0n) is 10.9. The van der Waals surface area contributed by atoms with Gasteiger partial charge in [0.15, 0.2) is 0 Å². The Balaban J connectivity index is 2.46. The summed E-state index contributed by atoms with van der Waals surface area (Å²) in [6.07, 6.45) is 2.94. The van der Waals surface area contributed by atoms with E-state index in [1.54, 1.807) is 0 Å². The molecule has 2 rings (SSSR count). The largest absolute Gasteiger partial charge is 0.359 e. The standard InChI is InChI=1S/C13H18FN3O2/c1-9-3-2-4-11(8-15)16(9)12-6-5-10(14)7-13(12)17(18)19/h5-7,9,11H,2-4,8,15H2,1H3. The van der Waals surface area contributed by atoms with Crippen molar-refractivity contribution in [2.24, 2.45) is 5.73 Å². The first kappa shape index (κ1) is 13.7. The molecule has 104 valence electrons. The van der Waals surface area contributed by atoms with Crippen LogP contribution < -0.4 is 10.6 Å². The van der Waals surface area contributed by atoms with Crippen LogP contribution in [0, 0.1) is 15.9 Å². The minimum Gasteiger partial charge on any atom is -0.359 e. The maximum atomic E-state index is 13.2. The van der Waals surface area contributed by atoms with Gasteiger partial charge in [-0.2, -0.15) is 0 Å². The smallest absolute Gasteiger partial charge is 0.295 e. The molecule has 0 saturated carbocycles. The number of hydrogen-bond acceptors (Lipinski definition) is 4. The highest BCUT2D eigenvalue weighted by Crippen LogP contribution is 2.35. The van der Waals surface area contributed by atoms with Crippen LogP contribution in [0.3, 0.4) is 0 Å². The van der Waals surface area contributed by atoms with Crippen LogP contribution in [-0.2, 0) is 0 Å². The SMILES string of the molecule is CC1CCCC(CN)N1c1ccc(F)cc1[N+](=O)[O-]. The van der Waals surface area contributed by atoms with E-state index in [9.17, 15) is 14.5 Å². The minimum absolute atomic E-state index is 0.0768. The van der Waals surface area contributed by atoms with Gasteiger partial charge >= 0.3 is 0 Å². The maximum absolute atomic E-state index is 13.2. The lowest BCUT2D eigenvalue weighted by molar-refractivity contribution is -0.384. The topological polar surface area (TPSA) is 72.4 Å². The highest BCUT2D eigenvalue weighted by Gasteiger charge is 2.31. The molecule has 1 aromatic carbocycles. The number of rotatable bonds is 3. The summed E-state index contributed by atoms with van der Waals surface area (Å²) in [6, 6.07) is 3.97. The summed E-state index contributed by atoms with van der Waals surface area (Å²) in [5, 5.41) is 11.1. The van der Waals surface area contributed by atoms with Crippen molar-refractivity contribution >= 4 is 11.4 Å². The summed E-state index contributed by atoms with van der Waals surface area (Å²) >= 11 is 0. The van der Waals surface area contributed by atoms with Crippen molar-refractivity contribution in [3.05, 3.63) is 34.1 Å². The molecule has 1 heterocycles. The molecule has 2 atom stereocenters. The van der Waals surface area contributed by atoms with Gasteiger partial charge < -0.3 is 10.6 Å². The summed E-state index contributed by atoms with van der Waals surface area (Å²) in [4.78, 5) is 12.5. The highest BCUT2D eigenvalue weighted by molar-refractivity contribution is 5.64. The Morgan fingerprint density at radius 2 is 2.26 bits per heavy atom. The first-order chi connectivity index (χ1) is 9.04. The normalized spacial score (nSPS) is 23.4. The van der Waals surface area contributed by atoms with E-state index >= 15 is 0 Å². The van der Waals surface area contributed by atoms with Gasteiger partial charge in [0.1, 0.15) is 11.5 Å². The van der Waals surface area contributed by atoms with Crippen molar-refractivity contribution in [1.29, 1.82) is 0 Å². The molecule has 2 N–H and O–H groups in total. The van der Waals surface area contributed by atoms with Gasteiger partial charge in [0.05, 0.1) is 11.0 Å². The molecule has 1 saturated heterocycles. The second-order valence-electron chi connectivity index (χ2n) is 4.97. The van der Waals surface area contributed by atoms with Crippen LogP contribution in [0.1, 0.15) is 26.2 Å². The Hall–Kier alpha value is -1.69. The van der Waals surface area contributed by atoms with Gasteiger partial charge in [-0.25, -0.2) is 4.39 Å². The third-order valence-electron chi connectivity index (χ3n) is 3.71. The van der Waals surface area contributed by atoms with Crippen LogP contribution in [0.15, 0.2) is 18.2 Å². The molecule has 0 bridgehead atoms. The second kappa shape index (κ2) is 5.52. The maximum Gasteiger partial charge on any atom is 0.295 e. The molecule has 2 unspecified atom stereocenters. The molecule has 5 nitrogen and oxygen atoms in total. The van der Waals surface area contributed by atoms with Gasteiger partial charge in [-0.3, -0.25) is 10.1 Å². The summed E-state index contributed by atoms with van der Waals surface area (Å²) in [5.41, 5.74) is 6.04. The number of benzene rings is 1. The van der Waals surface area contributed by atoms with Gasteiger partial charge in [0.25, 0.3) is 5.69 Å². The van der Waals surface area contributed by atoms with Crippen LogP contribution in [-0.4, -0.2) is 23.6 Å². The van der Waals surface area contributed by atoms with Gasteiger partial charge in [0, 0.05) is 18.6 Å². The number of anilines is 1. The van der Waals surface area contributed by atoms with Crippen LogP contribution >= 0.6 is 0 Å². The predicted molar refractivity (Wildman–Crippen MR) is 71.7 cm³/mol. The average molecular weight is 267 g/mol. The van der Waals surface area contributed by atoms with Crippen molar-refractivity contribution < 1.29 is 9.31 Å². The van der Waals surface area contributed by atoms with E-state index in [0.717, 1.165) is 25.3 Å². The molecular formula is C13H18FN3O2. The molecule has 0 radical (unpaired) electrons. The molecule has 1 aliphatic heterocycles. The fraction of sp³-hybridized carbons (Fsp3) is 0.538. The monoisotopic (exact) mass is 267 g/mol.